The summed E-state index contributed by atoms with van der Waals surface area (Å²) in [6, 6.07) is 2.77. The van der Waals surface area contributed by atoms with E-state index in [0.29, 0.717) is 12.6 Å². The molecule has 0 aliphatic rings. The first-order valence-corrected chi connectivity index (χ1v) is 7.50. The van der Waals surface area contributed by atoms with Crippen molar-refractivity contribution in [3.63, 3.8) is 0 Å². The molecule has 2 amide bonds. The smallest absolute Gasteiger partial charge is 0.315 e. The summed E-state index contributed by atoms with van der Waals surface area (Å²) in [6.07, 6.45) is 0.405. The molecule has 0 bridgehead atoms. The monoisotopic (exact) mass is 353 g/mol. The van der Waals surface area contributed by atoms with Gasteiger partial charge >= 0.3 is 11.8 Å². The molecule has 0 aliphatic carbocycles. The minimum atomic E-state index is -0.900. The molecule has 0 spiro atoms. The van der Waals surface area contributed by atoms with Crippen LogP contribution in [0.25, 0.3) is 0 Å². The molecule has 2 aromatic rings. The maximum Gasteiger partial charge on any atom is 0.315 e. The third kappa shape index (κ3) is 5.60. The Labute approximate surface area is 142 Å². The van der Waals surface area contributed by atoms with E-state index in [2.05, 4.69) is 26.1 Å². The predicted molar refractivity (Wildman–Crippen MR) is 83.9 cm³/mol. The number of rotatable bonds is 8. The molecular weight excluding hydrogens is 336 g/mol. The second kappa shape index (κ2) is 8.83. The Bertz CT molecular complexity index is 751. The second-order valence-corrected chi connectivity index (χ2v) is 5.08. The van der Waals surface area contributed by atoms with Crippen LogP contribution in [-0.4, -0.2) is 42.1 Å². The summed E-state index contributed by atoms with van der Waals surface area (Å²) in [5, 5.41) is 11.3. The number of carbonyl (C=O) groups is 2. The van der Waals surface area contributed by atoms with Gasteiger partial charge in [0, 0.05) is 12.6 Å². The molecule has 10 heteroatoms. The summed E-state index contributed by atoms with van der Waals surface area (Å²) < 4.78 is 31.1. The topological polar surface area (TPSA) is 109 Å². The Morgan fingerprint density at radius 2 is 2.04 bits per heavy atom. The van der Waals surface area contributed by atoms with Crippen LogP contribution in [-0.2, 0) is 11.2 Å². The molecular formula is C15H17F2N5O3. The number of anilines is 1. The fourth-order valence-electron chi connectivity index (χ4n) is 1.89. The van der Waals surface area contributed by atoms with Gasteiger partial charge in [-0.15, -0.1) is 0 Å². The molecule has 3 N–H and O–H groups in total. The van der Waals surface area contributed by atoms with E-state index in [0.717, 1.165) is 25.1 Å². The Balaban J connectivity index is 1.87. The zero-order chi connectivity index (χ0) is 18.2. The van der Waals surface area contributed by atoms with Crippen LogP contribution in [0.4, 0.5) is 14.5 Å². The molecule has 134 valence electrons. The zero-order valence-corrected chi connectivity index (χ0v) is 13.4. The standard InChI is InChI=1S/C15H17F2N5O3/c1-18-5-2-6-19-14(24)15-21-12(22-25-15)8-13(23)20-11-4-3-9(16)7-10(11)17/h3-4,7,18H,2,5-6,8H2,1H3,(H,19,24)(H,20,23). The second-order valence-electron chi connectivity index (χ2n) is 5.08. The van der Waals surface area contributed by atoms with Crippen molar-refractivity contribution in [3.8, 4) is 0 Å². The van der Waals surface area contributed by atoms with Crippen LogP contribution >= 0.6 is 0 Å². The molecule has 25 heavy (non-hydrogen) atoms. The van der Waals surface area contributed by atoms with Crippen LogP contribution in [0.3, 0.4) is 0 Å². The average Bonchev–Trinajstić information content (AvgIpc) is 3.02. The van der Waals surface area contributed by atoms with Crippen LogP contribution in [0.1, 0.15) is 22.9 Å². The fourth-order valence-corrected chi connectivity index (χ4v) is 1.89. The maximum atomic E-state index is 13.5. The van der Waals surface area contributed by atoms with Gasteiger partial charge in [-0.05, 0) is 32.1 Å². The lowest BCUT2D eigenvalue weighted by molar-refractivity contribution is -0.115. The van der Waals surface area contributed by atoms with Crippen LogP contribution in [0.5, 0.6) is 0 Å². The highest BCUT2D eigenvalue weighted by atomic mass is 19.1. The van der Waals surface area contributed by atoms with E-state index >= 15 is 0 Å². The molecule has 0 radical (unpaired) electrons. The number of hydrogen-bond donors (Lipinski definition) is 3. The molecule has 0 unspecified atom stereocenters. The summed E-state index contributed by atoms with van der Waals surface area (Å²) >= 11 is 0. The molecule has 8 nitrogen and oxygen atoms in total. The quantitative estimate of drug-likeness (QED) is 0.608. The number of aromatic nitrogens is 2. The SMILES string of the molecule is CNCCCNC(=O)c1nc(CC(=O)Nc2ccc(F)cc2F)no1. The molecule has 0 atom stereocenters. The third-order valence-corrected chi connectivity index (χ3v) is 3.08. The molecule has 2 rings (SSSR count). The Morgan fingerprint density at radius 3 is 2.76 bits per heavy atom. The third-order valence-electron chi connectivity index (χ3n) is 3.08. The van der Waals surface area contributed by atoms with Gasteiger partial charge in [-0.1, -0.05) is 5.16 Å². The number of halogens is 2. The summed E-state index contributed by atoms with van der Waals surface area (Å²) in [5.41, 5.74) is -0.169. The molecule has 1 heterocycles. The van der Waals surface area contributed by atoms with Gasteiger partial charge in [0.05, 0.1) is 12.1 Å². The van der Waals surface area contributed by atoms with Crippen molar-refractivity contribution in [2.75, 3.05) is 25.5 Å². The Hall–Kier alpha value is -2.88. The average molecular weight is 353 g/mol. The Morgan fingerprint density at radius 1 is 1.24 bits per heavy atom. The molecule has 0 saturated heterocycles. The number of carbonyl (C=O) groups excluding carboxylic acids is 2. The maximum absolute atomic E-state index is 13.5. The lowest BCUT2D eigenvalue weighted by atomic mass is 10.3. The summed E-state index contributed by atoms with van der Waals surface area (Å²) in [6.45, 7) is 1.18. The predicted octanol–water partition coefficient (Wildman–Crippen LogP) is 0.868. The van der Waals surface area contributed by atoms with Crippen molar-refractivity contribution in [3.05, 3.63) is 41.5 Å². The highest BCUT2D eigenvalue weighted by molar-refractivity contribution is 5.92. The fraction of sp³-hybridized carbons (Fsp3) is 0.333. The lowest BCUT2D eigenvalue weighted by Gasteiger charge is -2.04. The van der Waals surface area contributed by atoms with E-state index in [1.165, 1.54) is 0 Å². The number of amides is 2. The van der Waals surface area contributed by atoms with Gasteiger partial charge in [-0.2, -0.15) is 4.98 Å². The van der Waals surface area contributed by atoms with Crippen LogP contribution in [0.2, 0.25) is 0 Å². The van der Waals surface area contributed by atoms with Gasteiger partial charge in [0.25, 0.3) is 0 Å². The van der Waals surface area contributed by atoms with Gasteiger partial charge in [-0.25, -0.2) is 8.78 Å². The van der Waals surface area contributed by atoms with Crippen molar-refractivity contribution >= 4 is 17.5 Å². The van der Waals surface area contributed by atoms with Crippen molar-refractivity contribution in [2.24, 2.45) is 0 Å². The van der Waals surface area contributed by atoms with Gasteiger partial charge in [0.1, 0.15) is 11.6 Å². The molecule has 0 saturated carbocycles. The molecule has 0 aliphatic heterocycles. The molecule has 1 aromatic carbocycles. The first-order valence-electron chi connectivity index (χ1n) is 7.50. The van der Waals surface area contributed by atoms with Crippen LogP contribution in [0.15, 0.2) is 22.7 Å². The number of hydrogen-bond acceptors (Lipinski definition) is 6. The minimum Gasteiger partial charge on any atom is -0.348 e. The van der Waals surface area contributed by atoms with Crippen molar-refractivity contribution in [1.82, 2.24) is 20.8 Å². The molecule has 1 aromatic heterocycles. The number of nitrogens with one attached hydrogen (secondary N) is 3. The summed E-state index contributed by atoms with van der Waals surface area (Å²) in [5.74, 6) is -3.12. The first kappa shape index (κ1) is 18.5. The number of nitrogens with zero attached hydrogens (tertiary/aromatic N) is 2. The van der Waals surface area contributed by atoms with Gasteiger partial charge in [-0.3, -0.25) is 9.59 Å². The first-order chi connectivity index (χ1) is 12.0. The highest BCUT2D eigenvalue weighted by Gasteiger charge is 2.17. The van der Waals surface area contributed by atoms with E-state index in [1.807, 2.05) is 0 Å². The lowest BCUT2D eigenvalue weighted by Crippen LogP contribution is -2.26. The normalized spacial score (nSPS) is 10.5. The van der Waals surface area contributed by atoms with Crippen LogP contribution < -0.4 is 16.0 Å². The molecule has 0 fully saturated rings. The van der Waals surface area contributed by atoms with E-state index in [4.69, 9.17) is 4.52 Å². The van der Waals surface area contributed by atoms with Gasteiger partial charge < -0.3 is 20.5 Å². The van der Waals surface area contributed by atoms with Crippen molar-refractivity contribution in [2.45, 2.75) is 12.8 Å². The van der Waals surface area contributed by atoms with Crippen molar-refractivity contribution < 1.29 is 22.9 Å². The minimum absolute atomic E-state index is 0.0274. The Kier molecular flexibility index (Phi) is 6.52. The van der Waals surface area contributed by atoms with Crippen molar-refractivity contribution in [1.29, 1.82) is 0 Å². The van der Waals surface area contributed by atoms with Crippen LogP contribution in [0, 0.1) is 11.6 Å². The van der Waals surface area contributed by atoms with E-state index in [9.17, 15) is 18.4 Å². The number of benzene rings is 1. The van der Waals surface area contributed by atoms with Gasteiger partial charge in [0.15, 0.2) is 5.82 Å². The largest absolute Gasteiger partial charge is 0.348 e. The van der Waals surface area contributed by atoms with Gasteiger partial charge in [0.2, 0.25) is 5.91 Å². The van der Waals surface area contributed by atoms with E-state index in [1.54, 1.807) is 7.05 Å². The van der Waals surface area contributed by atoms with E-state index < -0.39 is 23.4 Å². The zero-order valence-electron chi connectivity index (χ0n) is 13.4. The van der Waals surface area contributed by atoms with E-state index in [-0.39, 0.29) is 23.8 Å². The summed E-state index contributed by atoms with van der Waals surface area (Å²) in [4.78, 5) is 27.4. The summed E-state index contributed by atoms with van der Waals surface area (Å²) in [7, 11) is 1.80. The highest BCUT2D eigenvalue weighted by Crippen LogP contribution is 2.15.